The minimum Gasteiger partial charge on any atom is -0.493 e. The van der Waals surface area contributed by atoms with Crippen molar-refractivity contribution in [3.63, 3.8) is 0 Å². The van der Waals surface area contributed by atoms with Crippen LogP contribution in [0.1, 0.15) is 75.1 Å². The van der Waals surface area contributed by atoms with Gasteiger partial charge in [-0.05, 0) is 69.9 Å². The number of nitrogens with one attached hydrogen (secondary N) is 1. The van der Waals surface area contributed by atoms with Crippen LogP contribution in [-0.2, 0) is 27.2 Å². The Balaban J connectivity index is 1.69. The molecule has 2 N–H and O–H groups in total. The van der Waals surface area contributed by atoms with Crippen molar-refractivity contribution in [2.24, 2.45) is 17.8 Å². The van der Waals surface area contributed by atoms with Crippen LogP contribution in [0, 0.1) is 17.8 Å². The van der Waals surface area contributed by atoms with E-state index < -0.39 is 35.3 Å². The number of aryl methyl sites for hydroxylation is 2. The zero-order valence-electron chi connectivity index (χ0n) is 24.2. The highest BCUT2D eigenvalue weighted by Gasteiger charge is 2.69. The SMILES string of the molecule is CCc1cccc(CC)c1N1C(=O)C2C(c3cc(Br)c(OC)c(OC)c3)NC(CC3CCCCC3)(C(=O)O)C2C1=O. The molecule has 1 aliphatic carbocycles. The quantitative estimate of drug-likeness (QED) is 0.337. The Morgan fingerprint density at radius 3 is 2.27 bits per heavy atom. The van der Waals surface area contributed by atoms with E-state index in [-0.39, 0.29) is 11.8 Å². The first-order chi connectivity index (χ1) is 19.7. The average Bonchev–Trinajstić information content (AvgIpc) is 3.45. The van der Waals surface area contributed by atoms with E-state index in [2.05, 4.69) is 21.2 Å². The number of carboxylic acids is 1. The van der Waals surface area contributed by atoms with Crippen LogP contribution in [0.25, 0.3) is 0 Å². The lowest BCUT2D eigenvalue weighted by atomic mass is 9.72. The van der Waals surface area contributed by atoms with Gasteiger partial charge in [0.05, 0.1) is 36.2 Å². The van der Waals surface area contributed by atoms with Gasteiger partial charge in [-0.1, -0.05) is 64.2 Å². The molecule has 9 heteroatoms. The predicted molar refractivity (Wildman–Crippen MR) is 159 cm³/mol. The van der Waals surface area contributed by atoms with E-state index in [9.17, 15) is 19.5 Å². The molecule has 220 valence electrons. The van der Waals surface area contributed by atoms with E-state index >= 15 is 0 Å². The Hall–Kier alpha value is -2.91. The maximum Gasteiger partial charge on any atom is 0.324 e. The number of hydrogen-bond donors (Lipinski definition) is 2. The topological polar surface area (TPSA) is 105 Å². The first-order valence-corrected chi connectivity index (χ1v) is 15.4. The molecule has 3 fully saturated rings. The number of rotatable bonds is 9. The summed E-state index contributed by atoms with van der Waals surface area (Å²) in [6, 6.07) is 8.72. The van der Waals surface area contributed by atoms with Crippen molar-refractivity contribution < 1.29 is 29.0 Å². The predicted octanol–water partition coefficient (Wildman–Crippen LogP) is 5.84. The number of carbonyl (C=O) groups excluding carboxylic acids is 2. The molecule has 0 spiro atoms. The van der Waals surface area contributed by atoms with Gasteiger partial charge in [0.25, 0.3) is 0 Å². The fourth-order valence-corrected chi connectivity index (χ4v) is 8.07. The molecule has 4 atom stereocenters. The maximum atomic E-state index is 14.5. The summed E-state index contributed by atoms with van der Waals surface area (Å²) in [6.07, 6.45) is 6.66. The third kappa shape index (κ3) is 4.84. The number of ether oxygens (including phenoxy) is 2. The van der Waals surface area contributed by atoms with E-state index in [0.717, 1.165) is 43.2 Å². The molecule has 41 heavy (non-hydrogen) atoms. The molecular weight excluding hydrogens is 588 g/mol. The van der Waals surface area contributed by atoms with Crippen LogP contribution in [0.5, 0.6) is 11.5 Å². The van der Waals surface area contributed by atoms with Gasteiger partial charge >= 0.3 is 5.97 Å². The Bertz CT molecular complexity index is 1330. The van der Waals surface area contributed by atoms with Crippen LogP contribution >= 0.6 is 15.9 Å². The number of amides is 2. The zero-order valence-corrected chi connectivity index (χ0v) is 25.8. The molecule has 0 radical (unpaired) electrons. The van der Waals surface area contributed by atoms with Crippen LogP contribution in [0.2, 0.25) is 0 Å². The second-order valence-electron chi connectivity index (χ2n) is 11.5. The highest BCUT2D eigenvalue weighted by atomic mass is 79.9. The van der Waals surface area contributed by atoms with Gasteiger partial charge in [0.1, 0.15) is 5.54 Å². The number of anilines is 1. The van der Waals surface area contributed by atoms with Gasteiger partial charge in [-0.2, -0.15) is 0 Å². The van der Waals surface area contributed by atoms with Crippen molar-refractivity contribution in [2.45, 2.75) is 76.8 Å². The number of benzene rings is 2. The minimum absolute atomic E-state index is 0.162. The number of methoxy groups -OCH3 is 2. The summed E-state index contributed by atoms with van der Waals surface area (Å²) in [5.41, 5.74) is 1.51. The van der Waals surface area contributed by atoms with Crippen molar-refractivity contribution >= 4 is 39.4 Å². The summed E-state index contributed by atoms with van der Waals surface area (Å²) >= 11 is 3.56. The molecule has 2 saturated heterocycles. The lowest BCUT2D eigenvalue weighted by Crippen LogP contribution is -2.57. The van der Waals surface area contributed by atoms with Crippen molar-refractivity contribution in [1.29, 1.82) is 0 Å². The van der Waals surface area contributed by atoms with Crippen molar-refractivity contribution in [1.82, 2.24) is 5.32 Å². The number of carboxylic acid groups (broad SMARTS) is 1. The molecule has 2 aromatic rings. The minimum atomic E-state index is -1.58. The van der Waals surface area contributed by atoms with Crippen molar-refractivity contribution in [2.75, 3.05) is 19.1 Å². The summed E-state index contributed by atoms with van der Waals surface area (Å²) in [5.74, 6) is -2.68. The Labute approximate surface area is 249 Å². The van der Waals surface area contributed by atoms with E-state index in [0.29, 0.717) is 46.5 Å². The highest BCUT2D eigenvalue weighted by Crippen LogP contribution is 2.54. The average molecular weight is 628 g/mol. The molecule has 2 aliphatic heterocycles. The molecule has 0 bridgehead atoms. The third-order valence-corrected chi connectivity index (χ3v) is 9.96. The van der Waals surface area contributed by atoms with Gasteiger partial charge in [0, 0.05) is 6.04 Å². The highest BCUT2D eigenvalue weighted by molar-refractivity contribution is 9.10. The summed E-state index contributed by atoms with van der Waals surface area (Å²) in [4.78, 5) is 43.7. The number of carbonyl (C=O) groups is 3. The summed E-state index contributed by atoms with van der Waals surface area (Å²) in [5, 5.41) is 14.3. The summed E-state index contributed by atoms with van der Waals surface area (Å²) in [6.45, 7) is 4.00. The Kier molecular flexibility index (Phi) is 8.48. The molecule has 8 nitrogen and oxygen atoms in total. The van der Waals surface area contributed by atoms with Crippen molar-refractivity contribution in [3.05, 3.63) is 51.5 Å². The van der Waals surface area contributed by atoms with Gasteiger partial charge < -0.3 is 14.6 Å². The second kappa shape index (κ2) is 11.8. The largest absolute Gasteiger partial charge is 0.493 e. The standard InChI is InChI=1S/C32H39BrN2O6/c1-5-19-13-10-14-20(6-2)27(19)35-29(36)24-25(30(35)37)32(31(38)39,17-18-11-8-7-9-12-18)34-26(24)21-15-22(33)28(41-4)23(16-21)40-3/h10,13-16,18,24-26,34H,5-9,11-12,17H2,1-4H3,(H,38,39). The van der Waals surface area contributed by atoms with Crippen molar-refractivity contribution in [3.8, 4) is 11.5 Å². The van der Waals surface area contributed by atoms with Crippen LogP contribution in [0.3, 0.4) is 0 Å². The second-order valence-corrected chi connectivity index (χ2v) is 12.3. The van der Waals surface area contributed by atoms with Gasteiger partial charge in [-0.15, -0.1) is 0 Å². The van der Waals surface area contributed by atoms with Crippen LogP contribution in [0.4, 0.5) is 5.69 Å². The third-order valence-electron chi connectivity index (χ3n) is 9.37. The summed E-state index contributed by atoms with van der Waals surface area (Å²) in [7, 11) is 3.07. The number of para-hydroxylation sites is 1. The van der Waals surface area contributed by atoms with E-state index in [4.69, 9.17) is 9.47 Å². The number of hydrogen-bond acceptors (Lipinski definition) is 6. The van der Waals surface area contributed by atoms with E-state index in [1.807, 2.05) is 38.1 Å². The van der Waals surface area contributed by atoms with Gasteiger partial charge in [0.2, 0.25) is 11.8 Å². The van der Waals surface area contributed by atoms with Crippen LogP contribution < -0.4 is 19.7 Å². The smallest absolute Gasteiger partial charge is 0.324 e. The Morgan fingerprint density at radius 1 is 1.05 bits per heavy atom. The van der Waals surface area contributed by atoms with E-state index in [1.54, 1.807) is 13.2 Å². The fourth-order valence-electron chi connectivity index (χ4n) is 7.45. The number of aliphatic carboxylic acids is 1. The Morgan fingerprint density at radius 2 is 1.71 bits per heavy atom. The molecule has 5 rings (SSSR count). The molecule has 3 aliphatic rings. The van der Waals surface area contributed by atoms with Crippen LogP contribution in [0.15, 0.2) is 34.8 Å². The number of fused-ring (bicyclic) bond motifs is 1. The van der Waals surface area contributed by atoms with Gasteiger partial charge in [-0.3, -0.25) is 19.7 Å². The van der Waals surface area contributed by atoms with E-state index in [1.165, 1.54) is 12.0 Å². The maximum absolute atomic E-state index is 14.5. The van der Waals surface area contributed by atoms with Crippen LogP contribution in [-0.4, -0.2) is 42.6 Å². The monoisotopic (exact) mass is 626 g/mol. The zero-order chi connectivity index (χ0) is 29.5. The fraction of sp³-hybridized carbons (Fsp3) is 0.531. The number of halogens is 1. The molecule has 2 aromatic carbocycles. The van der Waals surface area contributed by atoms with Gasteiger partial charge in [-0.25, -0.2) is 4.90 Å². The summed E-state index contributed by atoms with van der Waals surface area (Å²) < 4.78 is 11.7. The lowest BCUT2D eigenvalue weighted by Gasteiger charge is -2.36. The molecule has 0 aromatic heterocycles. The number of imide groups is 1. The lowest BCUT2D eigenvalue weighted by molar-refractivity contribution is -0.150. The normalized spacial score (nSPS) is 26.4. The molecule has 1 saturated carbocycles. The van der Waals surface area contributed by atoms with Gasteiger partial charge in [0.15, 0.2) is 11.5 Å². The first kappa shape index (κ1) is 29.6. The first-order valence-electron chi connectivity index (χ1n) is 14.6. The molecule has 2 heterocycles. The molecule has 2 amide bonds. The number of nitrogens with zero attached hydrogens (tertiary/aromatic N) is 1. The molecule has 4 unspecified atom stereocenters. The molecular formula is C32H39BrN2O6.